The van der Waals surface area contributed by atoms with E-state index >= 15 is 0 Å². The van der Waals surface area contributed by atoms with Crippen molar-refractivity contribution < 1.29 is 9.53 Å². The first-order chi connectivity index (χ1) is 9.60. The lowest BCUT2D eigenvalue weighted by atomic mass is 9.97. The molecule has 114 valence electrons. The summed E-state index contributed by atoms with van der Waals surface area (Å²) in [6.45, 7) is 7.58. The summed E-state index contributed by atoms with van der Waals surface area (Å²) in [5.74, 6) is 0.722. The molecule has 2 N–H and O–H groups in total. The molecule has 0 spiro atoms. The van der Waals surface area contributed by atoms with Crippen LogP contribution in [0.3, 0.4) is 0 Å². The monoisotopic (exact) mass is 281 g/mol. The van der Waals surface area contributed by atoms with E-state index in [0.717, 1.165) is 65.1 Å². The Morgan fingerprint density at radius 1 is 1.20 bits per heavy atom. The highest BCUT2D eigenvalue weighted by molar-refractivity contribution is 5.86. The second-order valence-corrected chi connectivity index (χ2v) is 6.77. The summed E-state index contributed by atoms with van der Waals surface area (Å²) in [7, 11) is 0. The Hall–Kier alpha value is -0.650. The highest BCUT2D eigenvalue weighted by Crippen LogP contribution is 2.32. The third kappa shape index (κ3) is 2.59. The van der Waals surface area contributed by atoms with Crippen LogP contribution in [0.5, 0.6) is 0 Å². The molecule has 2 unspecified atom stereocenters. The smallest absolute Gasteiger partial charge is 0.242 e. The van der Waals surface area contributed by atoms with Gasteiger partial charge in [-0.3, -0.25) is 9.69 Å². The number of amides is 1. The van der Waals surface area contributed by atoms with Crippen LogP contribution in [0.1, 0.15) is 32.6 Å². The van der Waals surface area contributed by atoms with Crippen LogP contribution in [-0.2, 0) is 9.53 Å². The Balaban J connectivity index is 1.63. The highest BCUT2D eigenvalue weighted by Gasteiger charge is 2.44. The van der Waals surface area contributed by atoms with Gasteiger partial charge in [0.2, 0.25) is 5.91 Å². The van der Waals surface area contributed by atoms with Gasteiger partial charge < -0.3 is 15.4 Å². The number of nitrogens with two attached hydrogens (primary N) is 1. The number of hydrogen-bond acceptors (Lipinski definition) is 4. The van der Waals surface area contributed by atoms with Crippen LogP contribution in [0.15, 0.2) is 0 Å². The maximum absolute atomic E-state index is 12.7. The molecule has 3 rings (SSSR count). The number of nitrogens with zero attached hydrogens (tertiary/aromatic N) is 2. The van der Waals surface area contributed by atoms with Crippen LogP contribution in [0.2, 0.25) is 0 Å². The molecule has 5 heteroatoms. The van der Waals surface area contributed by atoms with Gasteiger partial charge in [-0.1, -0.05) is 19.8 Å². The van der Waals surface area contributed by atoms with Crippen LogP contribution in [0.4, 0.5) is 0 Å². The Morgan fingerprint density at radius 3 is 2.50 bits per heavy atom. The lowest BCUT2D eigenvalue weighted by Gasteiger charge is -2.34. The average molecular weight is 281 g/mol. The third-order valence-electron chi connectivity index (χ3n) is 5.30. The molecule has 0 bridgehead atoms. The van der Waals surface area contributed by atoms with E-state index in [1.54, 1.807) is 0 Å². The Morgan fingerprint density at radius 2 is 1.85 bits per heavy atom. The van der Waals surface area contributed by atoms with Crippen molar-refractivity contribution in [2.45, 2.75) is 44.2 Å². The summed E-state index contributed by atoms with van der Waals surface area (Å²) in [6.07, 6.45) is 3.91. The van der Waals surface area contributed by atoms with Gasteiger partial charge in [-0.05, 0) is 18.8 Å². The van der Waals surface area contributed by atoms with Crippen molar-refractivity contribution in [1.82, 2.24) is 9.80 Å². The zero-order valence-corrected chi connectivity index (χ0v) is 12.5. The van der Waals surface area contributed by atoms with Crippen molar-refractivity contribution in [2.75, 3.05) is 39.4 Å². The molecule has 2 aliphatic heterocycles. The zero-order chi connectivity index (χ0) is 14.2. The summed E-state index contributed by atoms with van der Waals surface area (Å²) >= 11 is 0. The van der Waals surface area contributed by atoms with E-state index in [4.69, 9.17) is 10.5 Å². The predicted octanol–water partition coefficient (Wildman–Crippen LogP) is 0.437. The normalized spacial score (nSPS) is 34.6. The van der Waals surface area contributed by atoms with Gasteiger partial charge >= 0.3 is 0 Å². The number of morpholine rings is 1. The van der Waals surface area contributed by atoms with Gasteiger partial charge in [0.25, 0.3) is 0 Å². The van der Waals surface area contributed by atoms with E-state index in [1.165, 1.54) is 0 Å². The minimum absolute atomic E-state index is 0.192. The number of ether oxygens (including phenoxy) is 1. The minimum Gasteiger partial charge on any atom is -0.379 e. The van der Waals surface area contributed by atoms with Crippen molar-refractivity contribution in [3.63, 3.8) is 0 Å². The molecule has 5 nitrogen and oxygen atoms in total. The van der Waals surface area contributed by atoms with Crippen LogP contribution in [0, 0.1) is 5.92 Å². The summed E-state index contributed by atoms with van der Waals surface area (Å²) in [5, 5.41) is 0. The average Bonchev–Trinajstić information content (AvgIpc) is 3.06. The Labute approximate surface area is 121 Å². The number of carbonyl (C=O) groups is 1. The number of rotatable bonds is 2. The molecule has 0 aromatic heterocycles. The highest BCUT2D eigenvalue weighted by atomic mass is 16.5. The molecular weight excluding hydrogens is 254 g/mol. The van der Waals surface area contributed by atoms with Gasteiger partial charge in [-0.2, -0.15) is 0 Å². The quantitative estimate of drug-likeness (QED) is 0.798. The fraction of sp³-hybridized carbons (Fsp3) is 0.933. The first kappa shape index (κ1) is 14.3. The van der Waals surface area contributed by atoms with E-state index in [9.17, 15) is 4.79 Å². The topological polar surface area (TPSA) is 58.8 Å². The molecule has 0 aromatic carbocycles. The molecule has 2 atom stereocenters. The van der Waals surface area contributed by atoms with Gasteiger partial charge in [0, 0.05) is 32.2 Å². The van der Waals surface area contributed by atoms with E-state index in [2.05, 4.69) is 11.8 Å². The van der Waals surface area contributed by atoms with Gasteiger partial charge in [0.05, 0.1) is 18.8 Å². The SMILES string of the molecule is CC1CN(C(=O)C2(N)CCCC2)CC1N1CCOCC1. The summed E-state index contributed by atoms with van der Waals surface area (Å²) < 4.78 is 5.42. The molecule has 20 heavy (non-hydrogen) atoms. The van der Waals surface area contributed by atoms with Crippen molar-refractivity contribution in [3.05, 3.63) is 0 Å². The van der Waals surface area contributed by atoms with Gasteiger partial charge in [0.15, 0.2) is 0 Å². The van der Waals surface area contributed by atoms with E-state index in [-0.39, 0.29) is 5.91 Å². The number of hydrogen-bond donors (Lipinski definition) is 1. The first-order valence-corrected chi connectivity index (χ1v) is 8.00. The second kappa shape index (κ2) is 5.62. The van der Waals surface area contributed by atoms with Crippen LogP contribution < -0.4 is 5.73 Å². The third-order valence-corrected chi connectivity index (χ3v) is 5.30. The van der Waals surface area contributed by atoms with E-state index in [0.29, 0.717) is 12.0 Å². The standard InChI is InChI=1S/C15H27N3O2/c1-12-10-18(14(19)15(16)4-2-3-5-15)11-13(12)17-6-8-20-9-7-17/h12-13H,2-11,16H2,1H3. The molecule has 3 fully saturated rings. The van der Waals surface area contributed by atoms with Crippen molar-refractivity contribution in [1.29, 1.82) is 0 Å². The molecular formula is C15H27N3O2. The summed E-state index contributed by atoms with van der Waals surface area (Å²) in [5.41, 5.74) is 5.76. The number of carbonyl (C=O) groups excluding carboxylic acids is 1. The second-order valence-electron chi connectivity index (χ2n) is 6.77. The molecule has 1 saturated carbocycles. The maximum Gasteiger partial charge on any atom is 0.242 e. The zero-order valence-electron chi connectivity index (χ0n) is 12.5. The molecule has 1 aliphatic carbocycles. The molecule has 2 heterocycles. The van der Waals surface area contributed by atoms with E-state index in [1.807, 2.05) is 4.90 Å². The lowest BCUT2D eigenvalue weighted by Crippen LogP contribution is -2.54. The van der Waals surface area contributed by atoms with Crippen LogP contribution in [0.25, 0.3) is 0 Å². The number of likely N-dealkylation sites (tertiary alicyclic amines) is 1. The minimum atomic E-state index is -0.570. The van der Waals surface area contributed by atoms with Crippen molar-refractivity contribution in [2.24, 2.45) is 11.7 Å². The van der Waals surface area contributed by atoms with E-state index < -0.39 is 5.54 Å². The van der Waals surface area contributed by atoms with Crippen molar-refractivity contribution in [3.8, 4) is 0 Å². The molecule has 1 amide bonds. The van der Waals surface area contributed by atoms with Gasteiger partial charge in [-0.25, -0.2) is 0 Å². The Kier molecular flexibility index (Phi) is 4.02. The Bertz CT molecular complexity index is 362. The molecule has 2 saturated heterocycles. The predicted molar refractivity (Wildman–Crippen MR) is 77.3 cm³/mol. The van der Waals surface area contributed by atoms with Gasteiger partial charge in [-0.15, -0.1) is 0 Å². The van der Waals surface area contributed by atoms with Gasteiger partial charge in [0.1, 0.15) is 0 Å². The van der Waals surface area contributed by atoms with Crippen LogP contribution >= 0.6 is 0 Å². The summed E-state index contributed by atoms with van der Waals surface area (Å²) in [6, 6.07) is 0.479. The fourth-order valence-corrected chi connectivity index (χ4v) is 4.03. The van der Waals surface area contributed by atoms with Crippen LogP contribution in [-0.4, -0.2) is 66.7 Å². The maximum atomic E-state index is 12.7. The molecule has 3 aliphatic rings. The first-order valence-electron chi connectivity index (χ1n) is 8.00. The molecule has 0 aromatic rings. The largest absolute Gasteiger partial charge is 0.379 e. The fourth-order valence-electron chi connectivity index (χ4n) is 4.03. The molecule has 0 radical (unpaired) electrons. The summed E-state index contributed by atoms with van der Waals surface area (Å²) in [4.78, 5) is 17.2. The lowest BCUT2D eigenvalue weighted by molar-refractivity contribution is -0.136. The van der Waals surface area contributed by atoms with Crippen molar-refractivity contribution >= 4 is 5.91 Å².